The Morgan fingerprint density at radius 1 is 1.10 bits per heavy atom. The number of rotatable bonds is 4. The molecule has 1 N–H and O–H groups in total. The Kier molecular flexibility index (Phi) is 5.16. The molecule has 0 spiro atoms. The smallest absolute Gasteiger partial charge is 0.287 e. The highest BCUT2D eigenvalue weighted by Crippen LogP contribution is 2.37. The largest absolute Gasteiger partial charge is 0.384 e. The van der Waals surface area contributed by atoms with Gasteiger partial charge in [-0.05, 0) is 62.9 Å². The number of hydrogen-bond acceptors (Lipinski definition) is 6. The molecule has 156 valence electrons. The van der Waals surface area contributed by atoms with E-state index in [0.717, 1.165) is 16.9 Å². The van der Waals surface area contributed by atoms with Gasteiger partial charge in [-0.1, -0.05) is 18.6 Å². The van der Waals surface area contributed by atoms with Crippen molar-refractivity contribution in [2.75, 3.05) is 25.0 Å². The molecule has 0 aliphatic carbocycles. The first-order valence-corrected chi connectivity index (χ1v) is 11.6. The van der Waals surface area contributed by atoms with Gasteiger partial charge in [-0.15, -0.1) is 11.3 Å². The summed E-state index contributed by atoms with van der Waals surface area (Å²) >= 11 is 1.32. The number of nitro benzene ring substituents is 1. The lowest BCUT2D eigenvalue weighted by Crippen LogP contribution is -2.49. The first-order chi connectivity index (χ1) is 14.6. The molecule has 2 unspecified atom stereocenters. The number of hydrogen-bond donors (Lipinski definition) is 1. The molecular formula is C23H25N3O3S. The molecule has 7 heteroatoms. The van der Waals surface area contributed by atoms with Crippen LogP contribution in [0.5, 0.6) is 0 Å². The molecule has 2 saturated heterocycles. The molecule has 0 bridgehead atoms. The van der Waals surface area contributed by atoms with Crippen LogP contribution in [0.4, 0.5) is 11.4 Å². The second kappa shape index (κ2) is 7.96. The van der Waals surface area contributed by atoms with Crippen molar-refractivity contribution in [3.8, 4) is 0 Å². The minimum absolute atomic E-state index is 0.000440. The van der Waals surface area contributed by atoms with Crippen LogP contribution in [0.2, 0.25) is 0 Å². The van der Waals surface area contributed by atoms with Gasteiger partial charge in [-0.25, -0.2) is 0 Å². The summed E-state index contributed by atoms with van der Waals surface area (Å²) in [5.74, 6) is 0.545. The van der Waals surface area contributed by atoms with Crippen molar-refractivity contribution in [3.05, 3.63) is 56.7 Å². The standard InChI is InChI=1S/C23H25N3O3S/c27-22-16-7-1-2-9-20(16)30-23-19(26(28)29)11-10-17(21(22)23)24-14-15-6-5-13-25-12-4-3-8-18(15)25/h1-2,7,9-11,15,18,24H,3-6,8,12-14H2. The number of non-ortho nitro benzene ring substituents is 1. The molecule has 2 fully saturated rings. The fraction of sp³-hybridized carbons (Fsp3) is 0.435. The Morgan fingerprint density at radius 3 is 2.80 bits per heavy atom. The summed E-state index contributed by atoms with van der Waals surface area (Å²) < 4.78 is 1.23. The Bertz CT molecular complexity index is 1170. The molecule has 1 aromatic heterocycles. The molecule has 0 saturated carbocycles. The SMILES string of the molecule is O=c1c2ccccc2sc2c([N+](=O)[O-])ccc(NCC3CCCN4CCCCC34)c12. The van der Waals surface area contributed by atoms with Gasteiger partial charge in [-0.3, -0.25) is 14.9 Å². The molecule has 2 aliphatic heterocycles. The molecule has 2 aromatic carbocycles. The second-order valence-electron chi connectivity index (χ2n) is 8.40. The molecule has 2 atom stereocenters. The monoisotopic (exact) mass is 423 g/mol. The summed E-state index contributed by atoms with van der Waals surface area (Å²) in [6.45, 7) is 3.19. The summed E-state index contributed by atoms with van der Waals surface area (Å²) in [7, 11) is 0. The van der Waals surface area contributed by atoms with Crippen LogP contribution in [0.1, 0.15) is 32.1 Å². The van der Waals surface area contributed by atoms with Crippen LogP contribution in [-0.4, -0.2) is 35.5 Å². The molecule has 0 radical (unpaired) electrons. The van der Waals surface area contributed by atoms with Crippen molar-refractivity contribution in [1.29, 1.82) is 0 Å². The quantitative estimate of drug-likeness (QED) is 0.363. The normalized spacial score (nSPS) is 22.1. The molecule has 5 rings (SSSR count). The van der Waals surface area contributed by atoms with Crippen molar-refractivity contribution >= 4 is 42.9 Å². The zero-order valence-corrected chi connectivity index (χ0v) is 17.6. The van der Waals surface area contributed by atoms with Crippen LogP contribution in [-0.2, 0) is 0 Å². The first-order valence-electron chi connectivity index (χ1n) is 10.7. The molecule has 30 heavy (non-hydrogen) atoms. The predicted octanol–water partition coefficient (Wildman–Crippen LogP) is 5.00. The first kappa shape index (κ1) is 19.5. The predicted molar refractivity (Wildman–Crippen MR) is 123 cm³/mol. The third-order valence-corrected chi connectivity index (χ3v) is 7.88. The minimum atomic E-state index is -0.391. The zero-order chi connectivity index (χ0) is 20.7. The van der Waals surface area contributed by atoms with Crippen molar-refractivity contribution in [3.63, 3.8) is 0 Å². The average molecular weight is 424 g/mol. The summed E-state index contributed by atoms with van der Waals surface area (Å²) in [4.78, 5) is 27.2. The summed E-state index contributed by atoms with van der Waals surface area (Å²) in [5.41, 5.74) is 0.587. The average Bonchev–Trinajstić information content (AvgIpc) is 2.77. The van der Waals surface area contributed by atoms with Gasteiger partial charge >= 0.3 is 0 Å². The van der Waals surface area contributed by atoms with E-state index in [9.17, 15) is 14.9 Å². The second-order valence-corrected chi connectivity index (χ2v) is 9.46. The summed E-state index contributed by atoms with van der Waals surface area (Å²) in [5, 5.41) is 16.2. The molecule has 6 nitrogen and oxygen atoms in total. The maximum absolute atomic E-state index is 13.3. The van der Waals surface area contributed by atoms with Gasteiger partial charge in [0.05, 0.1) is 10.3 Å². The van der Waals surface area contributed by atoms with Gasteiger partial charge in [0.1, 0.15) is 4.70 Å². The van der Waals surface area contributed by atoms with Crippen molar-refractivity contribution in [2.45, 2.75) is 38.1 Å². The van der Waals surface area contributed by atoms with E-state index < -0.39 is 4.92 Å². The highest BCUT2D eigenvalue weighted by atomic mass is 32.1. The Morgan fingerprint density at radius 2 is 1.93 bits per heavy atom. The molecule has 3 aromatic rings. The van der Waals surface area contributed by atoms with Crippen LogP contribution in [0.3, 0.4) is 0 Å². The molecule has 3 heterocycles. The Labute approximate surface area is 178 Å². The van der Waals surface area contributed by atoms with Gasteiger partial charge in [-0.2, -0.15) is 0 Å². The van der Waals surface area contributed by atoms with Gasteiger partial charge < -0.3 is 10.2 Å². The topological polar surface area (TPSA) is 75.5 Å². The fourth-order valence-corrected chi connectivity index (χ4v) is 6.42. The number of nitrogens with one attached hydrogen (secondary N) is 1. The molecular weight excluding hydrogens is 398 g/mol. The van der Waals surface area contributed by atoms with Crippen molar-refractivity contribution in [1.82, 2.24) is 4.90 Å². The highest BCUT2D eigenvalue weighted by Gasteiger charge is 2.33. The van der Waals surface area contributed by atoms with Crippen LogP contribution >= 0.6 is 11.3 Å². The fourth-order valence-electron chi connectivity index (χ4n) is 5.24. The Hall–Kier alpha value is -2.51. The lowest BCUT2D eigenvalue weighted by Gasteiger charge is -2.44. The van der Waals surface area contributed by atoms with E-state index in [1.54, 1.807) is 12.1 Å². The number of fused-ring (bicyclic) bond motifs is 3. The van der Waals surface area contributed by atoms with Crippen LogP contribution in [0.25, 0.3) is 20.2 Å². The summed E-state index contributed by atoms with van der Waals surface area (Å²) in [6.07, 6.45) is 6.22. The Balaban J connectivity index is 1.54. The van der Waals surface area contributed by atoms with Crippen molar-refractivity contribution in [2.24, 2.45) is 5.92 Å². The third kappa shape index (κ3) is 3.36. The lowest BCUT2D eigenvalue weighted by molar-refractivity contribution is -0.382. The van der Waals surface area contributed by atoms with E-state index in [0.29, 0.717) is 27.4 Å². The minimum Gasteiger partial charge on any atom is -0.384 e. The van der Waals surface area contributed by atoms with E-state index in [-0.39, 0.29) is 11.1 Å². The number of nitro groups is 1. The molecule has 0 amide bonds. The zero-order valence-electron chi connectivity index (χ0n) is 16.8. The van der Waals surface area contributed by atoms with E-state index in [2.05, 4.69) is 10.2 Å². The maximum Gasteiger partial charge on any atom is 0.287 e. The lowest BCUT2D eigenvalue weighted by atomic mass is 9.83. The number of piperidine rings is 2. The summed E-state index contributed by atoms with van der Waals surface area (Å²) in [6, 6.07) is 11.2. The van der Waals surface area contributed by atoms with Gasteiger partial charge in [0.15, 0.2) is 5.43 Å². The van der Waals surface area contributed by atoms with E-state index >= 15 is 0 Å². The van der Waals surface area contributed by atoms with Gasteiger partial charge in [0.2, 0.25) is 0 Å². The van der Waals surface area contributed by atoms with E-state index in [1.807, 2.05) is 18.2 Å². The highest BCUT2D eigenvalue weighted by molar-refractivity contribution is 7.25. The van der Waals surface area contributed by atoms with Crippen LogP contribution in [0.15, 0.2) is 41.2 Å². The van der Waals surface area contributed by atoms with Gasteiger partial charge in [0, 0.05) is 34.4 Å². The van der Waals surface area contributed by atoms with Gasteiger partial charge in [0.25, 0.3) is 5.69 Å². The third-order valence-electron chi connectivity index (χ3n) is 6.69. The van der Waals surface area contributed by atoms with E-state index in [1.165, 1.54) is 62.6 Å². The van der Waals surface area contributed by atoms with E-state index in [4.69, 9.17) is 0 Å². The van der Waals surface area contributed by atoms with Crippen molar-refractivity contribution < 1.29 is 4.92 Å². The number of anilines is 1. The number of nitrogens with zero attached hydrogens (tertiary/aromatic N) is 2. The van der Waals surface area contributed by atoms with Crippen LogP contribution < -0.4 is 10.7 Å². The maximum atomic E-state index is 13.3. The number of benzene rings is 2. The molecule has 2 aliphatic rings. The van der Waals surface area contributed by atoms with Crippen LogP contribution in [0, 0.1) is 16.0 Å².